The number of anilines is 1. The van der Waals surface area contributed by atoms with E-state index in [4.69, 9.17) is 13.9 Å². The van der Waals surface area contributed by atoms with E-state index in [1.54, 1.807) is 24.3 Å². The maximum absolute atomic E-state index is 11.8. The normalized spacial score (nSPS) is 13.4. The second-order valence-corrected chi connectivity index (χ2v) is 4.80. The van der Waals surface area contributed by atoms with E-state index in [1.165, 1.54) is 12.5 Å². The molecule has 1 aliphatic heterocycles. The third-order valence-corrected chi connectivity index (χ3v) is 3.22. The van der Waals surface area contributed by atoms with Crippen molar-refractivity contribution in [2.45, 2.75) is 6.10 Å². The molecule has 8 heteroatoms. The van der Waals surface area contributed by atoms with E-state index in [0.717, 1.165) is 0 Å². The number of aliphatic hydroxyl groups is 1. The van der Waals surface area contributed by atoms with E-state index in [0.29, 0.717) is 22.7 Å². The van der Waals surface area contributed by atoms with E-state index in [1.807, 2.05) is 0 Å². The Morgan fingerprint density at radius 1 is 1.17 bits per heavy atom. The van der Waals surface area contributed by atoms with Crippen LogP contribution < -0.4 is 20.1 Å². The fourth-order valence-electron chi connectivity index (χ4n) is 2.01. The molecule has 2 aromatic rings. The summed E-state index contributed by atoms with van der Waals surface area (Å²) >= 11 is 0. The van der Waals surface area contributed by atoms with Gasteiger partial charge in [0, 0.05) is 23.9 Å². The van der Waals surface area contributed by atoms with Gasteiger partial charge in [-0.2, -0.15) is 0 Å². The molecule has 0 bridgehead atoms. The minimum atomic E-state index is -0.948. The van der Waals surface area contributed by atoms with Gasteiger partial charge in [-0.1, -0.05) is 0 Å². The largest absolute Gasteiger partial charge is 0.472 e. The lowest BCUT2D eigenvalue weighted by Gasteiger charge is -2.10. The number of carbonyl (C=O) groups excluding carboxylic acids is 2. The zero-order valence-corrected chi connectivity index (χ0v) is 11.9. The first-order valence-electron chi connectivity index (χ1n) is 6.82. The number of hydrogen-bond acceptors (Lipinski definition) is 6. The molecule has 1 aromatic heterocycles. The molecular weight excluding hydrogens is 304 g/mol. The summed E-state index contributed by atoms with van der Waals surface area (Å²) in [5.41, 5.74) is 0.922. The van der Waals surface area contributed by atoms with Gasteiger partial charge in [0.25, 0.3) is 0 Å². The fraction of sp³-hybridized carbons (Fsp3) is 0.200. The molecule has 3 N–H and O–H groups in total. The van der Waals surface area contributed by atoms with Gasteiger partial charge in [0.2, 0.25) is 6.79 Å². The SMILES string of the molecule is O=C(NC[C@@H](O)c1ccoc1)C(=O)Nc1ccc2c(c1)OCO2. The highest BCUT2D eigenvalue weighted by molar-refractivity contribution is 6.39. The van der Waals surface area contributed by atoms with Crippen LogP contribution in [0.5, 0.6) is 11.5 Å². The molecular formula is C15H14N2O6. The zero-order chi connectivity index (χ0) is 16.2. The average molecular weight is 318 g/mol. The highest BCUT2D eigenvalue weighted by Gasteiger charge is 2.18. The highest BCUT2D eigenvalue weighted by atomic mass is 16.7. The number of fused-ring (bicyclic) bond motifs is 1. The van der Waals surface area contributed by atoms with Crippen LogP contribution in [0.4, 0.5) is 5.69 Å². The first-order valence-corrected chi connectivity index (χ1v) is 6.82. The lowest BCUT2D eigenvalue weighted by Crippen LogP contribution is -2.37. The van der Waals surface area contributed by atoms with E-state index in [2.05, 4.69) is 10.6 Å². The molecule has 1 atom stereocenters. The molecule has 1 aliphatic rings. The Balaban J connectivity index is 1.52. The van der Waals surface area contributed by atoms with Gasteiger partial charge in [-0.3, -0.25) is 9.59 Å². The lowest BCUT2D eigenvalue weighted by atomic mass is 10.2. The van der Waals surface area contributed by atoms with Crippen LogP contribution in [-0.2, 0) is 9.59 Å². The summed E-state index contributed by atoms with van der Waals surface area (Å²) in [6, 6.07) is 6.37. The molecule has 0 aliphatic carbocycles. The molecule has 8 nitrogen and oxygen atoms in total. The number of amides is 2. The molecule has 3 rings (SSSR count). The second kappa shape index (κ2) is 6.41. The molecule has 2 amide bonds. The molecule has 23 heavy (non-hydrogen) atoms. The van der Waals surface area contributed by atoms with Crippen molar-refractivity contribution in [1.82, 2.24) is 5.32 Å². The van der Waals surface area contributed by atoms with E-state index in [-0.39, 0.29) is 13.3 Å². The third-order valence-electron chi connectivity index (χ3n) is 3.22. The van der Waals surface area contributed by atoms with Gasteiger partial charge < -0.3 is 29.6 Å². The predicted octanol–water partition coefficient (Wildman–Crippen LogP) is 0.797. The number of ether oxygens (including phenoxy) is 2. The number of hydrogen-bond donors (Lipinski definition) is 3. The van der Waals surface area contributed by atoms with Crippen LogP contribution in [0.25, 0.3) is 0 Å². The van der Waals surface area contributed by atoms with Crippen LogP contribution in [0, 0.1) is 0 Å². The molecule has 2 heterocycles. The Kier molecular flexibility index (Phi) is 4.15. The van der Waals surface area contributed by atoms with Crippen LogP contribution in [0.1, 0.15) is 11.7 Å². The third kappa shape index (κ3) is 3.43. The fourth-order valence-corrected chi connectivity index (χ4v) is 2.01. The smallest absolute Gasteiger partial charge is 0.313 e. The molecule has 120 valence electrons. The maximum Gasteiger partial charge on any atom is 0.313 e. The van der Waals surface area contributed by atoms with E-state index >= 15 is 0 Å². The summed E-state index contributed by atoms with van der Waals surface area (Å²) in [6.07, 6.45) is 1.83. The van der Waals surface area contributed by atoms with Crippen molar-refractivity contribution in [2.24, 2.45) is 0 Å². The molecule has 0 fully saturated rings. The Morgan fingerprint density at radius 3 is 2.78 bits per heavy atom. The van der Waals surface area contributed by atoms with E-state index < -0.39 is 17.9 Å². The Hall–Kier alpha value is -3.00. The molecule has 0 spiro atoms. The number of nitrogens with one attached hydrogen (secondary N) is 2. The van der Waals surface area contributed by atoms with Gasteiger partial charge in [0.15, 0.2) is 11.5 Å². The summed E-state index contributed by atoms with van der Waals surface area (Å²) in [5, 5.41) is 14.6. The van der Waals surface area contributed by atoms with Crippen LogP contribution in [0.15, 0.2) is 41.2 Å². The molecule has 0 saturated heterocycles. The Labute approximate surface area is 131 Å². The van der Waals surface area contributed by atoms with Crippen molar-refractivity contribution in [1.29, 1.82) is 0 Å². The van der Waals surface area contributed by atoms with Crippen molar-refractivity contribution in [3.8, 4) is 11.5 Å². The average Bonchev–Trinajstić information content (AvgIpc) is 3.22. The lowest BCUT2D eigenvalue weighted by molar-refractivity contribution is -0.136. The topological polar surface area (TPSA) is 110 Å². The maximum atomic E-state index is 11.8. The van der Waals surface area contributed by atoms with Crippen molar-refractivity contribution in [3.05, 3.63) is 42.4 Å². The van der Waals surface area contributed by atoms with Gasteiger partial charge >= 0.3 is 11.8 Å². The first-order chi connectivity index (χ1) is 11.1. The van der Waals surface area contributed by atoms with Crippen molar-refractivity contribution in [3.63, 3.8) is 0 Å². The number of aliphatic hydroxyl groups excluding tert-OH is 1. The summed E-state index contributed by atoms with van der Waals surface area (Å²) in [4.78, 5) is 23.6. The second-order valence-electron chi connectivity index (χ2n) is 4.80. The zero-order valence-electron chi connectivity index (χ0n) is 11.9. The quantitative estimate of drug-likeness (QED) is 0.719. The predicted molar refractivity (Wildman–Crippen MR) is 77.9 cm³/mol. The molecule has 1 aromatic carbocycles. The highest BCUT2D eigenvalue weighted by Crippen LogP contribution is 2.34. The molecule has 0 unspecified atom stereocenters. The summed E-state index contributed by atoms with van der Waals surface area (Å²) in [7, 11) is 0. The first kappa shape index (κ1) is 14.9. The Morgan fingerprint density at radius 2 is 2.00 bits per heavy atom. The van der Waals surface area contributed by atoms with Gasteiger partial charge in [-0.05, 0) is 18.2 Å². The van der Waals surface area contributed by atoms with Crippen molar-refractivity contribution in [2.75, 3.05) is 18.7 Å². The van der Waals surface area contributed by atoms with Gasteiger partial charge in [0.1, 0.15) is 0 Å². The molecule has 0 saturated carbocycles. The summed E-state index contributed by atoms with van der Waals surface area (Å²) in [5.74, 6) is -0.622. The van der Waals surface area contributed by atoms with Crippen LogP contribution >= 0.6 is 0 Å². The molecule has 0 radical (unpaired) electrons. The number of rotatable bonds is 4. The minimum Gasteiger partial charge on any atom is -0.472 e. The van der Waals surface area contributed by atoms with Crippen LogP contribution in [0.3, 0.4) is 0 Å². The van der Waals surface area contributed by atoms with Gasteiger partial charge in [-0.15, -0.1) is 0 Å². The number of furan rings is 1. The van der Waals surface area contributed by atoms with Gasteiger partial charge in [0.05, 0.1) is 18.6 Å². The summed E-state index contributed by atoms with van der Waals surface area (Å²) in [6.45, 7) is 0.0199. The summed E-state index contributed by atoms with van der Waals surface area (Å²) < 4.78 is 15.2. The standard InChI is InChI=1S/C15H14N2O6/c18-11(9-3-4-21-7-9)6-16-14(19)15(20)17-10-1-2-12-13(5-10)23-8-22-12/h1-5,7,11,18H,6,8H2,(H,16,19)(H,17,20)/t11-/m1/s1. The van der Waals surface area contributed by atoms with Gasteiger partial charge in [-0.25, -0.2) is 0 Å². The van der Waals surface area contributed by atoms with Crippen molar-refractivity contribution >= 4 is 17.5 Å². The Bertz CT molecular complexity index is 713. The van der Waals surface area contributed by atoms with Crippen LogP contribution in [0.2, 0.25) is 0 Å². The number of benzene rings is 1. The van der Waals surface area contributed by atoms with Crippen LogP contribution in [-0.4, -0.2) is 30.3 Å². The minimum absolute atomic E-state index is 0.104. The van der Waals surface area contributed by atoms with Crippen molar-refractivity contribution < 1.29 is 28.6 Å². The number of carbonyl (C=O) groups is 2. The monoisotopic (exact) mass is 318 g/mol. The van der Waals surface area contributed by atoms with E-state index in [9.17, 15) is 14.7 Å².